The van der Waals surface area contributed by atoms with Crippen molar-refractivity contribution in [2.45, 2.75) is 6.04 Å². The van der Waals surface area contributed by atoms with Crippen LogP contribution in [-0.2, 0) is 4.79 Å². The molecule has 1 aromatic rings. The Labute approximate surface area is 102 Å². The first-order valence-electron chi connectivity index (χ1n) is 4.31. The molecule has 0 aliphatic rings. The maximum Gasteiger partial charge on any atom is 0.325 e. The molecule has 0 aliphatic carbocycles. The Balaban J connectivity index is 2.95. The maximum absolute atomic E-state index is 11.0. The van der Waals surface area contributed by atoms with Crippen molar-refractivity contribution in [3.63, 3.8) is 0 Å². The summed E-state index contributed by atoms with van der Waals surface area (Å²) < 4.78 is 0.909. The third-order valence-corrected chi connectivity index (χ3v) is 2.85. The van der Waals surface area contributed by atoms with Gasteiger partial charge in [-0.2, -0.15) is 0 Å². The highest BCUT2D eigenvalue weighted by molar-refractivity contribution is 14.1. The van der Waals surface area contributed by atoms with Gasteiger partial charge in [-0.3, -0.25) is 10.1 Å². The SMILES string of the molecule is C#CCNC(C(=O)O)c1ccccc1I. The van der Waals surface area contributed by atoms with Crippen LogP contribution in [0.25, 0.3) is 0 Å². The van der Waals surface area contributed by atoms with E-state index >= 15 is 0 Å². The monoisotopic (exact) mass is 315 g/mol. The van der Waals surface area contributed by atoms with E-state index in [1.54, 1.807) is 6.07 Å². The van der Waals surface area contributed by atoms with E-state index in [9.17, 15) is 4.79 Å². The van der Waals surface area contributed by atoms with Crippen LogP contribution in [-0.4, -0.2) is 17.6 Å². The minimum atomic E-state index is -0.922. The molecule has 0 radical (unpaired) electrons. The Hall–Kier alpha value is -1.06. The zero-order valence-corrected chi connectivity index (χ0v) is 10.1. The predicted molar refractivity (Wildman–Crippen MR) is 66.4 cm³/mol. The Morgan fingerprint density at radius 3 is 2.80 bits per heavy atom. The van der Waals surface area contributed by atoms with E-state index in [4.69, 9.17) is 11.5 Å². The summed E-state index contributed by atoms with van der Waals surface area (Å²) >= 11 is 2.11. The molecule has 15 heavy (non-hydrogen) atoms. The molecule has 0 amide bonds. The lowest BCUT2D eigenvalue weighted by atomic mass is 10.1. The molecular formula is C11H10INO2. The van der Waals surface area contributed by atoms with Gasteiger partial charge in [0.1, 0.15) is 6.04 Å². The number of carboxylic acids is 1. The third kappa shape index (κ3) is 3.22. The zero-order chi connectivity index (χ0) is 11.3. The van der Waals surface area contributed by atoms with Gasteiger partial charge in [0.2, 0.25) is 0 Å². The van der Waals surface area contributed by atoms with E-state index in [1.807, 2.05) is 18.2 Å². The van der Waals surface area contributed by atoms with Gasteiger partial charge in [-0.25, -0.2) is 0 Å². The highest BCUT2D eigenvalue weighted by Crippen LogP contribution is 2.19. The largest absolute Gasteiger partial charge is 0.480 e. The molecule has 0 aromatic heterocycles. The van der Waals surface area contributed by atoms with E-state index in [0.717, 1.165) is 9.13 Å². The first kappa shape index (κ1) is 12.0. The molecule has 0 heterocycles. The van der Waals surface area contributed by atoms with Crippen LogP contribution in [0.15, 0.2) is 24.3 Å². The van der Waals surface area contributed by atoms with Crippen molar-refractivity contribution in [3.05, 3.63) is 33.4 Å². The lowest BCUT2D eigenvalue weighted by Gasteiger charge is -2.14. The number of nitrogens with one attached hydrogen (secondary N) is 1. The molecule has 1 aromatic carbocycles. The Kier molecular flexibility index (Phi) is 4.59. The summed E-state index contributed by atoms with van der Waals surface area (Å²) in [6, 6.07) is 6.58. The topological polar surface area (TPSA) is 49.3 Å². The molecule has 3 nitrogen and oxygen atoms in total. The number of rotatable bonds is 4. The van der Waals surface area contributed by atoms with E-state index in [0.29, 0.717) is 0 Å². The van der Waals surface area contributed by atoms with Crippen LogP contribution in [0.4, 0.5) is 0 Å². The fourth-order valence-corrected chi connectivity index (χ4v) is 1.90. The first-order chi connectivity index (χ1) is 7.16. The molecule has 0 aliphatic heterocycles. The number of benzene rings is 1. The van der Waals surface area contributed by atoms with Gasteiger partial charge >= 0.3 is 5.97 Å². The first-order valence-corrected chi connectivity index (χ1v) is 5.38. The zero-order valence-electron chi connectivity index (χ0n) is 7.90. The second-order valence-electron chi connectivity index (χ2n) is 2.88. The van der Waals surface area contributed by atoms with Crippen molar-refractivity contribution in [2.75, 3.05) is 6.54 Å². The average Bonchev–Trinajstić information content (AvgIpc) is 2.20. The van der Waals surface area contributed by atoms with E-state index in [2.05, 4.69) is 33.8 Å². The smallest absolute Gasteiger partial charge is 0.325 e. The molecule has 0 bridgehead atoms. The average molecular weight is 315 g/mol. The highest BCUT2D eigenvalue weighted by atomic mass is 127. The van der Waals surface area contributed by atoms with Gasteiger partial charge in [0, 0.05) is 3.57 Å². The maximum atomic E-state index is 11.0. The fraction of sp³-hybridized carbons (Fsp3) is 0.182. The Morgan fingerprint density at radius 1 is 1.60 bits per heavy atom. The van der Waals surface area contributed by atoms with Crippen molar-refractivity contribution in [3.8, 4) is 12.3 Å². The van der Waals surface area contributed by atoms with Gasteiger partial charge in [-0.1, -0.05) is 24.1 Å². The van der Waals surface area contributed by atoms with Crippen molar-refractivity contribution >= 4 is 28.6 Å². The van der Waals surface area contributed by atoms with Gasteiger partial charge < -0.3 is 5.11 Å². The summed E-state index contributed by atoms with van der Waals surface area (Å²) in [6.07, 6.45) is 5.09. The summed E-state index contributed by atoms with van der Waals surface area (Å²) in [5, 5.41) is 11.8. The van der Waals surface area contributed by atoms with Crippen LogP contribution in [0.5, 0.6) is 0 Å². The van der Waals surface area contributed by atoms with Crippen LogP contribution < -0.4 is 5.32 Å². The number of hydrogen-bond acceptors (Lipinski definition) is 2. The number of carboxylic acid groups (broad SMARTS) is 1. The van der Waals surface area contributed by atoms with E-state index in [-0.39, 0.29) is 6.54 Å². The molecule has 1 unspecified atom stereocenters. The van der Waals surface area contributed by atoms with Gasteiger partial charge in [0.05, 0.1) is 6.54 Å². The fourth-order valence-electron chi connectivity index (χ4n) is 1.20. The lowest BCUT2D eigenvalue weighted by Crippen LogP contribution is -2.29. The van der Waals surface area contributed by atoms with Crippen molar-refractivity contribution in [2.24, 2.45) is 0 Å². The highest BCUT2D eigenvalue weighted by Gasteiger charge is 2.20. The summed E-state index contributed by atoms with van der Waals surface area (Å²) in [5.41, 5.74) is 0.737. The van der Waals surface area contributed by atoms with Gasteiger partial charge in [0.15, 0.2) is 0 Å². The second-order valence-corrected chi connectivity index (χ2v) is 4.04. The predicted octanol–water partition coefficient (Wildman–Crippen LogP) is 1.64. The number of halogens is 1. The molecular weight excluding hydrogens is 305 g/mol. The molecule has 4 heteroatoms. The second kappa shape index (κ2) is 5.73. The normalized spacial score (nSPS) is 11.7. The minimum Gasteiger partial charge on any atom is -0.480 e. The third-order valence-electron chi connectivity index (χ3n) is 1.87. The standard InChI is InChI=1S/C11H10INO2/c1-2-7-13-10(11(14)15)8-5-3-4-6-9(8)12/h1,3-6,10,13H,7H2,(H,14,15). The summed E-state index contributed by atoms with van der Waals surface area (Å²) in [6.45, 7) is 0.238. The summed E-state index contributed by atoms with van der Waals surface area (Å²) in [7, 11) is 0. The summed E-state index contributed by atoms with van der Waals surface area (Å²) in [4.78, 5) is 11.0. The number of carbonyl (C=O) groups is 1. The lowest BCUT2D eigenvalue weighted by molar-refractivity contribution is -0.139. The Bertz CT molecular complexity index is 398. The molecule has 0 saturated carbocycles. The quantitative estimate of drug-likeness (QED) is 0.656. The molecule has 1 atom stereocenters. The molecule has 0 saturated heterocycles. The molecule has 0 spiro atoms. The van der Waals surface area contributed by atoms with E-state index < -0.39 is 12.0 Å². The van der Waals surface area contributed by atoms with Crippen LogP contribution in [0, 0.1) is 15.9 Å². The number of aliphatic carboxylic acids is 1. The van der Waals surface area contributed by atoms with Crippen molar-refractivity contribution in [1.82, 2.24) is 5.32 Å². The van der Waals surface area contributed by atoms with Crippen LogP contribution in [0.2, 0.25) is 0 Å². The molecule has 0 fully saturated rings. The summed E-state index contributed by atoms with van der Waals surface area (Å²) in [5.74, 6) is 1.44. The van der Waals surface area contributed by atoms with Crippen molar-refractivity contribution in [1.29, 1.82) is 0 Å². The van der Waals surface area contributed by atoms with E-state index in [1.165, 1.54) is 0 Å². The van der Waals surface area contributed by atoms with Crippen molar-refractivity contribution < 1.29 is 9.90 Å². The molecule has 2 N–H and O–H groups in total. The van der Waals surface area contributed by atoms with Crippen LogP contribution in [0.3, 0.4) is 0 Å². The van der Waals surface area contributed by atoms with Gasteiger partial charge in [-0.15, -0.1) is 6.42 Å². The van der Waals surface area contributed by atoms with Gasteiger partial charge in [-0.05, 0) is 34.2 Å². The van der Waals surface area contributed by atoms with Gasteiger partial charge in [0.25, 0.3) is 0 Å². The minimum absolute atomic E-state index is 0.238. The Morgan fingerprint density at radius 2 is 2.27 bits per heavy atom. The molecule has 1 rings (SSSR count). The molecule has 78 valence electrons. The number of terminal acetylenes is 1. The van der Waals surface area contributed by atoms with Crippen LogP contribution in [0.1, 0.15) is 11.6 Å². The van der Waals surface area contributed by atoms with Crippen LogP contribution >= 0.6 is 22.6 Å². The number of hydrogen-bond donors (Lipinski definition) is 2.